The van der Waals surface area contributed by atoms with Gasteiger partial charge in [0.1, 0.15) is 0 Å². The van der Waals surface area contributed by atoms with Gasteiger partial charge in [0, 0.05) is 38.6 Å². The molecule has 2 saturated heterocycles. The quantitative estimate of drug-likeness (QED) is 0.787. The number of aromatic nitrogens is 1. The molecule has 0 aliphatic carbocycles. The zero-order chi connectivity index (χ0) is 11.1. The Morgan fingerprint density at radius 3 is 1.44 bits per heavy atom. The van der Waals surface area contributed by atoms with E-state index in [1.165, 1.54) is 58.3 Å². The number of piperidine rings is 1. The lowest BCUT2D eigenvalue weighted by atomic mass is 10.2. The number of hydrogen-bond acceptors (Lipinski definition) is 2. The maximum absolute atomic E-state index is 2.86. The molecule has 2 aliphatic heterocycles. The van der Waals surface area contributed by atoms with E-state index in [-0.39, 0.29) is 0 Å². The Kier molecular flexibility index (Phi) is 4.90. The molecule has 1 aromatic heterocycles. The Morgan fingerprint density at radius 1 is 0.625 bits per heavy atom. The molecule has 3 heterocycles. The van der Waals surface area contributed by atoms with Crippen molar-refractivity contribution in [2.45, 2.75) is 32.1 Å². The van der Waals surface area contributed by atoms with E-state index in [4.69, 9.17) is 0 Å². The van der Waals surface area contributed by atoms with Crippen LogP contribution in [-0.4, -0.2) is 41.2 Å². The third-order valence-electron chi connectivity index (χ3n) is 3.31. The van der Waals surface area contributed by atoms with Crippen LogP contribution in [0.1, 0.15) is 32.1 Å². The standard InChI is InChI=1S/C9H18N2.C4H5N/c1-2-6-10(7-3-1)11-8-4-5-9-11;1-2-4-5-3-1/h1-9H2;1-5H. The lowest BCUT2D eigenvalue weighted by Crippen LogP contribution is -2.43. The molecule has 2 fully saturated rings. The van der Waals surface area contributed by atoms with Crippen LogP contribution in [0.5, 0.6) is 0 Å². The fourth-order valence-corrected chi connectivity index (χ4v) is 2.42. The molecule has 3 heteroatoms. The van der Waals surface area contributed by atoms with E-state index < -0.39 is 0 Å². The Morgan fingerprint density at radius 2 is 1.06 bits per heavy atom. The van der Waals surface area contributed by atoms with Crippen LogP contribution in [0.4, 0.5) is 0 Å². The molecular weight excluding hydrogens is 198 g/mol. The van der Waals surface area contributed by atoms with Crippen molar-refractivity contribution in [1.29, 1.82) is 0 Å². The van der Waals surface area contributed by atoms with Gasteiger partial charge in [-0.15, -0.1) is 0 Å². The summed E-state index contributed by atoms with van der Waals surface area (Å²) in [5.41, 5.74) is 0. The molecule has 1 aromatic rings. The Labute approximate surface area is 98.4 Å². The third-order valence-corrected chi connectivity index (χ3v) is 3.31. The van der Waals surface area contributed by atoms with Crippen LogP contribution in [-0.2, 0) is 0 Å². The van der Waals surface area contributed by atoms with Crippen molar-refractivity contribution in [2.75, 3.05) is 26.2 Å². The van der Waals surface area contributed by atoms with Gasteiger partial charge in [0.15, 0.2) is 0 Å². The molecule has 0 atom stereocenters. The van der Waals surface area contributed by atoms with Gasteiger partial charge >= 0.3 is 0 Å². The summed E-state index contributed by atoms with van der Waals surface area (Å²) < 4.78 is 0. The molecule has 2 aliphatic rings. The molecule has 0 unspecified atom stereocenters. The highest BCUT2D eigenvalue weighted by molar-refractivity contribution is 4.84. The fraction of sp³-hybridized carbons (Fsp3) is 0.692. The molecule has 0 spiro atoms. The summed E-state index contributed by atoms with van der Waals surface area (Å²) in [4.78, 5) is 2.86. The van der Waals surface area contributed by atoms with Crippen molar-refractivity contribution in [3.05, 3.63) is 24.5 Å². The Bertz CT molecular complexity index is 229. The normalized spacial score (nSPS) is 22.8. The molecule has 90 valence electrons. The molecule has 0 radical (unpaired) electrons. The number of H-pyrrole nitrogens is 1. The molecule has 0 bridgehead atoms. The van der Waals surface area contributed by atoms with E-state index in [1.54, 1.807) is 0 Å². The highest BCUT2D eigenvalue weighted by Crippen LogP contribution is 2.16. The number of hydrazine groups is 1. The lowest BCUT2D eigenvalue weighted by Gasteiger charge is -2.34. The summed E-state index contributed by atoms with van der Waals surface area (Å²) in [6.45, 7) is 5.28. The number of hydrogen-bond donors (Lipinski definition) is 1. The van der Waals surface area contributed by atoms with Gasteiger partial charge in [0.25, 0.3) is 0 Å². The van der Waals surface area contributed by atoms with Crippen LogP contribution in [0.15, 0.2) is 24.5 Å². The molecule has 3 rings (SSSR count). The van der Waals surface area contributed by atoms with Crippen molar-refractivity contribution in [2.24, 2.45) is 0 Å². The van der Waals surface area contributed by atoms with Crippen molar-refractivity contribution < 1.29 is 0 Å². The van der Waals surface area contributed by atoms with Gasteiger partial charge < -0.3 is 4.98 Å². The summed E-state index contributed by atoms with van der Waals surface area (Å²) >= 11 is 0. The Hall–Kier alpha value is -0.800. The second-order valence-electron chi connectivity index (χ2n) is 4.56. The van der Waals surface area contributed by atoms with E-state index in [1.807, 2.05) is 24.5 Å². The minimum absolute atomic E-state index is 1.32. The summed E-state index contributed by atoms with van der Waals surface area (Å²) in [5, 5.41) is 5.12. The van der Waals surface area contributed by atoms with Gasteiger partial charge in [0.2, 0.25) is 0 Å². The second-order valence-corrected chi connectivity index (χ2v) is 4.56. The minimum atomic E-state index is 1.32. The number of aromatic amines is 1. The zero-order valence-corrected chi connectivity index (χ0v) is 10.1. The van der Waals surface area contributed by atoms with E-state index in [9.17, 15) is 0 Å². The minimum Gasteiger partial charge on any atom is -0.368 e. The number of rotatable bonds is 1. The predicted octanol–water partition coefficient (Wildman–Crippen LogP) is 2.50. The summed E-state index contributed by atoms with van der Waals surface area (Å²) in [7, 11) is 0. The van der Waals surface area contributed by atoms with Gasteiger partial charge in [-0.05, 0) is 37.8 Å². The average Bonchev–Trinajstić information content (AvgIpc) is 3.07. The predicted molar refractivity (Wildman–Crippen MR) is 67.0 cm³/mol. The fourth-order valence-electron chi connectivity index (χ4n) is 2.42. The maximum atomic E-state index is 2.86. The van der Waals surface area contributed by atoms with Gasteiger partial charge in [-0.2, -0.15) is 0 Å². The highest BCUT2D eigenvalue weighted by atomic mass is 15.6. The SMILES string of the molecule is C1CCN(N2CCCC2)CC1.c1cc[nH]c1. The first kappa shape index (κ1) is 11.7. The zero-order valence-electron chi connectivity index (χ0n) is 10.1. The van der Waals surface area contributed by atoms with Crippen LogP contribution in [0, 0.1) is 0 Å². The van der Waals surface area contributed by atoms with Gasteiger partial charge in [-0.3, -0.25) is 0 Å². The first-order valence-electron chi connectivity index (χ1n) is 6.54. The molecule has 0 saturated carbocycles. The average molecular weight is 221 g/mol. The number of nitrogens with zero attached hydrogens (tertiary/aromatic N) is 2. The summed E-state index contributed by atoms with van der Waals surface area (Å²) in [6, 6.07) is 3.89. The van der Waals surface area contributed by atoms with E-state index >= 15 is 0 Å². The van der Waals surface area contributed by atoms with Crippen LogP contribution >= 0.6 is 0 Å². The number of nitrogens with one attached hydrogen (secondary N) is 1. The topological polar surface area (TPSA) is 22.3 Å². The van der Waals surface area contributed by atoms with E-state index in [2.05, 4.69) is 15.0 Å². The third kappa shape index (κ3) is 3.65. The first-order chi connectivity index (χ1) is 7.97. The Balaban J connectivity index is 0.000000162. The van der Waals surface area contributed by atoms with Crippen LogP contribution < -0.4 is 0 Å². The second kappa shape index (κ2) is 6.71. The van der Waals surface area contributed by atoms with Crippen molar-refractivity contribution in [1.82, 2.24) is 15.0 Å². The molecule has 0 amide bonds. The molecule has 16 heavy (non-hydrogen) atoms. The molecule has 1 N–H and O–H groups in total. The molecule has 3 nitrogen and oxygen atoms in total. The summed E-state index contributed by atoms with van der Waals surface area (Å²) in [6.07, 6.45) is 10.9. The van der Waals surface area contributed by atoms with Crippen molar-refractivity contribution in [3.8, 4) is 0 Å². The van der Waals surface area contributed by atoms with E-state index in [0.717, 1.165) is 0 Å². The van der Waals surface area contributed by atoms with Gasteiger partial charge in [-0.25, -0.2) is 10.0 Å². The van der Waals surface area contributed by atoms with Crippen molar-refractivity contribution in [3.63, 3.8) is 0 Å². The largest absolute Gasteiger partial charge is 0.368 e. The van der Waals surface area contributed by atoms with Crippen LogP contribution in [0.2, 0.25) is 0 Å². The molecular formula is C13H23N3. The van der Waals surface area contributed by atoms with Crippen LogP contribution in [0.25, 0.3) is 0 Å². The van der Waals surface area contributed by atoms with Crippen molar-refractivity contribution >= 4 is 0 Å². The highest BCUT2D eigenvalue weighted by Gasteiger charge is 2.20. The van der Waals surface area contributed by atoms with Gasteiger partial charge in [0.05, 0.1) is 0 Å². The molecule has 0 aromatic carbocycles. The monoisotopic (exact) mass is 221 g/mol. The summed E-state index contributed by atoms with van der Waals surface area (Å²) in [5.74, 6) is 0. The van der Waals surface area contributed by atoms with E-state index in [0.29, 0.717) is 0 Å². The smallest absolute Gasteiger partial charge is 0.0133 e. The van der Waals surface area contributed by atoms with Crippen LogP contribution in [0.3, 0.4) is 0 Å². The first-order valence-corrected chi connectivity index (χ1v) is 6.54. The van der Waals surface area contributed by atoms with Gasteiger partial charge in [-0.1, -0.05) is 6.42 Å². The maximum Gasteiger partial charge on any atom is 0.0133 e. The lowest BCUT2D eigenvalue weighted by molar-refractivity contribution is -0.0187.